The van der Waals surface area contributed by atoms with Crippen LogP contribution in [0.15, 0.2) is 0 Å². The Balaban J connectivity index is -0.000000240. The monoisotopic (exact) mass is 307 g/mol. The van der Waals surface area contributed by atoms with Crippen LogP contribution in [-0.4, -0.2) is 49.6 Å². The van der Waals surface area contributed by atoms with Gasteiger partial charge in [-0.25, -0.2) is 0 Å². The summed E-state index contributed by atoms with van der Waals surface area (Å²) >= 11 is 0. The molecule has 0 spiro atoms. The molecule has 1 unspecified atom stereocenters. The lowest BCUT2D eigenvalue weighted by molar-refractivity contribution is -0.138. The van der Waals surface area contributed by atoms with E-state index in [0.717, 1.165) is 38.6 Å². The zero-order chi connectivity index (χ0) is 16.9. The number of nitrogens with two attached hydrogens (primary N) is 5. The number of unbranched alkanes of at least 4 members (excludes halogenated alkanes) is 2. The van der Waals surface area contributed by atoms with Crippen LogP contribution in [0, 0.1) is 0 Å². The van der Waals surface area contributed by atoms with Gasteiger partial charge in [0.15, 0.2) is 0 Å². The van der Waals surface area contributed by atoms with Gasteiger partial charge in [0.25, 0.3) is 0 Å². The van der Waals surface area contributed by atoms with Crippen molar-refractivity contribution in [2.75, 3.05) is 26.2 Å². The molecule has 0 fully saturated rings. The molecule has 0 saturated heterocycles. The van der Waals surface area contributed by atoms with Crippen LogP contribution in [0.3, 0.4) is 0 Å². The summed E-state index contributed by atoms with van der Waals surface area (Å²) in [5.74, 6) is -0.955. The Morgan fingerprint density at radius 2 is 1.33 bits per heavy atom. The second-order valence-corrected chi connectivity index (χ2v) is 4.26. The molecule has 0 saturated carbocycles. The zero-order valence-electron chi connectivity index (χ0n) is 12.9. The van der Waals surface area contributed by atoms with Crippen molar-refractivity contribution < 1.29 is 14.7 Å². The summed E-state index contributed by atoms with van der Waals surface area (Å²) < 4.78 is 0. The van der Waals surface area contributed by atoms with E-state index in [1.54, 1.807) is 0 Å². The average Bonchev–Trinajstić information content (AvgIpc) is 2.49. The van der Waals surface area contributed by atoms with Crippen LogP contribution >= 0.6 is 0 Å². The Kier molecular flexibility index (Phi) is 28.5. The summed E-state index contributed by atoms with van der Waals surface area (Å²) in [6.45, 7) is 2.67. The van der Waals surface area contributed by atoms with Gasteiger partial charge in [0.2, 0.25) is 0 Å². The molecule has 0 aliphatic heterocycles. The third kappa shape index (κ3) is 32.5. The first-order valence-corrected chi connectivity index (χ1v) is 7.23. The number of aliphatic carboxylic acids is 1. The minimum Gasteiger partial charge on any atom is -0.480 e. The molecule has 0 aromatic heterocycles. The maximum atomic E-state index is 10.0. The van der Waals surface area contributed by atoms with Gasteiger partial charge in [0, 0.05) is 6.42 Å². The molecule has 8 nitrogen and oxygen atoms in total. The Bertz CT molecular complexity index is 214. The molecule has 0 aromatic rings. The fourth-order valence-electron chi connectivity index (χ4n) is 0.951. The molecule has 0 bridgehead atoms. The molecule has 0 aromatic carbocycles. The molecule has 0 aliphatic rings. The average molecular weight is 307 g/mol. The first-order valence-electron chi connectivity index (χ1n) is 7.23. The van der Waals surface area contributed by atoms with E-state index in [9.17, 15) is 9.59 Å². The summed E-state index contributed by atoms with van der Waals surface area (Å²) in [5, 5.41) is 8.24. The summed E-state index contributed by atoms with van der Waals surface area (Å²) in [5.41, 5.74) is 25.6. The van der Waals surface area contributed by atoms with E-state index in [1.807, 2.05) is 0 Å². The van der Waals surface area contributed by atoms with Crippen molar-refractivity contribution in [1.82, 2.24) is 0 Å². The van der Waals surface area contributed by atoms with E-state index < -0.39 is 12.0 Å². The number of carbonyl (C=O) groups is 2. The lowest BCUT2D eigenvalue weighted by atomic mass is 10.2. The fraction of sp³-hybridized carbons (Fsp3) is 0.846. The first kappa shape index (κ1) is 24.9. The Morgan fingerprint density at radius 3 is 1.57 bits per heavy atom. The number of hydrogen-bond acceptors (Lipinski definition) is 7. The van der Waals surface area contributed by atoms with Gasteiger partial charge in [-0.1, -0.05) is 0 Å². The molecule has 0 radical (unpaired) electrons. The van der Waals surface area contributed by atoms with Crippen molar-refractivity contribution in [3.63, 3.8) is 0 Å². The number of carbonyl (C=O) groups excluding carboxylic acids is 1. The van der Waals surface area contributed by atoms with Crippen molar-refractivity contribution in [2.45, 2.75) is 44.6 Å². The lowest BCUT2D eigenvalue weighted by Gasteiger charge is -2.02. The lowest BCUT2D eigenvalue weighted by Crippen LogP contribution is -2.30. The third-order valence-corrected chi connectivity index (χ3v) is 2.22. The van der Waals surface area contributed by atoms with Gasteiger partial charge >= 0.3 is 5.97 Å². The molecule has 0 amide bonds. The molecule has 8 heteroatoms. The van der Waals surface area contributed by atoms with E-state index >= 15 is 0 Å². The molecule has 0 aliphatic carbocycles. The van der Waals surface area contributed by atoms with Crippen LogP contribution in [0.5, 0.6) is 0 Å². The predicted octanol–water partition coefficient (Wildman–Crippen LogP) is -1.25. The van der Waals surface area contributed by atoms with E-state index in [2.05, 4.69) is 0 Å². The summed E-state index contributed by atoms with van der Waals surface area (Å²) in [4.78, 5) is 19.5. The molecule has 128 valence electrons. The van der Waals surface area contributed by atoms with Crippen LogP contribution in [-0.2, 0) is 9.59 Å². The summed E-state index contributed by atoms with van der Waals surface area (Å²) in [6.07, 6.45) is 5.58. The highest BCUT2D eigenvalue weighted by molar-refractivity contribution is 5.72. The summed E-state index contributed by atoms with van der Waals surface area (Å²) in [7, 11) is 0. The topological polar surface area (TPSA) is 184 Å². The van der Waals surface area contributed by atoms with Crippen LogP contribution in [0.2, 0.25) is 0 Å². The van der Waals surface area contributed by atoms with Crippen molar-refractivity contribution in [3.05, 3.63) is 0 Å². The molecular weight excluding hydrogens is 274 g/mol. The molecular formula is C13H33N5O3. The van der Waals surface area contributed by atoms with E-state index in [0.29, 0.717) is 32.4 Å². The highest BCUT2D eigenvalue weighted by Gasteiger charge is 2.08. The van der Waals surface area contributed by atoms with Crippen LogP contribution in [0.25, 0.3) is 0 Å². The van der Waals surface area contributed by atoms with Gasteiger partial charge in [0.05, 0.1) is 0 Å². The van der Waals surface area contributed by atoms with Gasteiger partial charge in [-0.3, -0.25) is 4.79 Å². The quantitative estimate of drug-likeness (QED) is 0.213. The molecule has 0 rings (SSSR count). The van der Waals surface area contributed by atoms with Gasteiger partial charge in [0.1, 0.15) is 12.3 Å². The normalized spacial score (nSPS) is 10.5. The zero-order valence-corrected chi connectivity index (χ0v) is 12.9. The second kappa shape index (κ2) is 24.0. The summed E-state index contributed by atoms with van der Waals surface area (Å²) in [6, 6.07) is -0.742. The third-order valence-electron chi connectivity index (χ3n) is 2.22. The molecule has 21 heavy (non-hydrogen) atoms. The number of carboxylic acid groups (broad SMARTS) is 1. The number of carboxylic acids is 1. The van der Waals surface area contributed by atoms with Crippen LogP contribution in [0.4, 0.5) is 0 Å². The Labute approximate surface area is 127 Å². The van der Waals surface area contributed by atoms with E-state index in [4.69, 9.17) is 33.8 Å². The minimum atomic E-state index is -0.955. The molecule has 1 atom stereocenters. The van der Waals surface area contributed by atoms with Crippen LogP contribution < -0.4 is 28.7 Å². The smallest absolute Gasteiger partial charge is 0.320 e. The predicted molar refractivity (Wildman–Crippen MR) is 85.6 cm³/mol. The van der Waals surface area contributed by atoms with Gasteiger partial charge in [-0.15, -0.1) is 0 Å². The number of rotatable bonds is 10. The van der Waals surface area contributed by atoms with Crippen molar-refractivity contribution >= 4 is 12.3 Å². The standard InChI is InChI=1S/C5H12N2O2.C4H12N2.C4H9NO/c6-3-1-2-4(7)5(8)9;2*5-3-1-2-4-6/h4H,1-3,6-7H2,(H,8,9);1-6H2;4H,1-3,5H2. The minimum absolute atomic E-state index is 0.464. The highest BCUT2D eigenvalue weighted by Crippen LogP contribution is 1.91. The van der Waals surface area contributed by atoms with E-state index in [-0.39, 0.29) is 0 Å². The highest BCUT2D eigenvalue weighted by atomic mass is 16.4. The number of hydrogen-bond donors (Lipinski definition) is 6. The molecule has 0 heterocycles. The van der Waals surface area contributed by atoms with Crippen molar-refractivity contribution in [2.24, 2.45) is 28.7 Å². The fourth-order valence-corrected chi connectivity index (χ4v) is 0.951. The van der Waals surface area contributed by atoms with Gasteiger partial charge in [-0.05, 0) is 58.3 Å². The maximum absolute atomic E-state index is 10.0. The Hall–Kier alpha value is -1.06. The first-order chi connectivity index (χ1) is 10.0. The second-order valence-electron chi connectivity index (χ2n) is 4.26. The van der Waals surface area contributed by atoms with Crippen molar-refractivity contribution in [1.29, 1.82) is 0 Å². The van der Waals surface area contributed by atoms with Crippen LogP contribution in [0.1, 0.15) is 38.5 Å². The number of aldehydes is 1. The van der Waals surface area contributed by atoms with Gasteiger partial charge in [-0.2, -0.15) is 0 Å². The maximum Gasteiger partial charge on any atom is 0.320 e. The van der Waals surface area contributed by atoms with Crippen molar-refractivity contribution in [3.8, 4) is 0 Å². The Morgan fingerprint density at radius 1 is 0.905 bits per heavy atom. The molecule has 11 N–H and O–H groups in total. The van der Waals surface area contributed by atoms with E-state index in [1.165, 1.54) is 0 Å². The SMILES string of the molecule is NCCCC(N)C(=O)O.NCCCC=O.NCCCCN. The van der Waals surface area contributed by atoms with Gasteiger partial charge < -0.3 is 38.6 Å². The largest absolute Gasteiger partial charge is 0.480 e.